The molecular formula is C12H14N4O4S. The van der Waals surface area contributed by atoms with Crippen LogP contribution in [-0.4, -0.2) is 29.7 Å². The van der Waals surface area contributed by atoms with Crippen LogP contribution in [0.15, 0.2) is 47.6 Å². The van der Waals surface area contributed by atoms with E-state index >= 15 is 0 Å². The molecule has 2 rings (SSSR count). The lowest BCUT2D eigenvalue weighted by atomic mass is 10.3. The molecule has 112 valence electrons. The number of aryl methyl sites for hydroxylation is 1. The minimum atomic E-state index is -3.74. The Balaban J connectivity index is 1.95. The quantitative estimate of drug-likeness (QED) is 0.469. The van der Waals surface area contributed by atoms with Crippen LogP contribution in [0, 0.1) is 10.1 Å². The maximum absolute atomic E-state index is 12.0. The van der Waals surface area contributed by atoms with Crippen LogP contribution in [0.4, 0.5) is 5.69 Å². The van der Waals surface area contributed by atoms with Crippen molar-refractivity contribution in [2.24, 2.45) is 0 Å². The molecule has 0 aliphatic carbocycles. The highest BCUT2D eigenvalue weighted by molar-refractivity contribution is 7.89. The Bertz CT molecular complexity index is 713. The van der Waals surface area contributed by atoms with E-state index in [1.165, 1.54) is 18.2 Å². The third kappa shape index (κ3) is 4.10. The van der Waals surface area contributed by atoms with Gasteiger partial charge < -0.3 is 0 Å². The Morgan fingerprint density at radius 3 is 2.81 bits per heavy atom. The number of nitro groups is 1. The van der Waals surface area contributed by atoms with Crippen LogP contribution >= 0.6 is 0 Å². The maximum Gasteiger partial charge on any atom is 0.270 e. The summed E-state index contributed by atoms with van der Waals surface area (Å²) in [4.78, 5) is 9.91. The van der Waals surface area contributed by atoms with Crippen molar-refractivity contribution in [2.75, 3.05) is 6.54 Å². The van der Waals surface area contributed by atoms with Gasteiger partial charge in [-0.3, -0.25) is 14.8 Å². The molecular weight excluding hydrogens is 296 g/mol. The molecule has 0 bridgehead atoms. The van der Waals surface area contributed by atoms with Gasteiger partial charge in [0.1, 0.15) is 0 Å². The molecule has 0 amide bonds. The predicted octanol–water partition coefficient (Wildman–Crippen LogP) is 1.16. The first-order valence-electron chi connectivity index (χ1n) is 6.20. The molecule has 0 saturated heterocycles. The maximum atomic E-state index is 12.0. The van der Waals surface area contributed by atoms with Crippen molar-refractivity contribution in [3.63, 3.8) is 0 Å². The highest BCUT2D eigenvalue weighted by atomic mass is 32.2. The average molecular weight is 310 g/mol. The molecule has 0 fully saturated rings. The molecule has 0 radical (unpaired) electrons. The number of nitrogens with zero attached hydrogens (tertiary/aromatic N) is 3. The summed E-state index contributed by atoms with van der Waals surface area (Å²) in [5, 5.41) is 14.7. The third-order valence-electron chi connectivity index (χ3n) is 2.75. The van der Waals surface area contributed by atoms with Gasteiger partial charge in [-0.2, -0.15) is 5.10 Å². The molecule has 0 aliphatic heterocycles. The largest absolute Gasteiger partial charge is 0.273 e. The van der Waals surface area contributed by atoms with Crippen molar-refractivity contribution in [1.29, 1.82) is 0 Å². The smallest absolute Gasteiger partial charge is 0.270 e. The fraction of sp³-hybridized carbons (Fsp3) is 0.250. The zero-order valence-corrected chi connectivity index (χ0v) is 11.9. The van der Waals surface area contributed by atoms with Crippen LogP contribution < -0.4 is 4.72 Å². The molecule has 1 aromatic heterocycles. The van der Waals surface area contributed by atoms with E-state index in [0.29, 0.717) is 13.0 Å². The van der Waals surface area contributed by atoms with E-state index in [2.05, 4.69) is 9.82 Å². The Morgan fingerprint density at radius 2 is 2.14 bits per heavy atom. The van der Waals surface area contributed by atoms with E-state index in [9.17, 15) is 18.5 Å². The number of hydrogen-bond acceptors (Lipinski definition) is 5. The van der Waals surface area contributed by atoms with Gasteiger partial charge in [0.2, 0.25) is 10.0 Å². The van der Waals surface area contributed by atoms with Gasteiger partial charge in [-0.15, -0.1) is 0 Å². The van der Waals surface area contributed by atoms with Crippen LogP contribution in [0.1, 0.15) is 6.42 Å². The van der Waals surface area contributed by atoms with Gasteiger partial charge in [-0.05, 0) is 18.6 Å². The normalized spacial score (nSPS) is 11.4. The zero-order valence-electron chi connectivity index (χ0n) is 11.0. The Morgan fingerprint density at radius 1 is 1.33 bits per heavy atom. The number of rotatable bonds is 7. The summed E-state index contributed by atoms with van der Waals surface area (Å²) in [6.07, 6.45) is 4.00. The van der Waals surface area contributed by atoms with Crippen LogP contribution in [0.3, 0.4) is 0 Å². The molecule has 0 atom stereocenters. The van der Waals surface area contributed by atoms with Crippen molar-refractivity contribution in [2.45, 2.75) is 17.9 Å². The highest BCUT2D eigenvalue weighted by Crippen LogP contribution is 2.16. The summed E-state index contributed by atoms with van der Waals surface area (Å²) < 4.78 is 28.1. The summed E-state index contributed by atoms with van der Waals surface area (Å²) in [7, 11) is -3.74. The lowest BCUT2D eigenvalue weighted by Gasteiger charge is -2.06. The van der Waals surface area contributed by atoms with Crippen LogP contribution in [0.5, 0.6) is 0 Å². The minimum absolute atomic E-state index is 0.115. The second-order valence-corrected chi connectivity index (χ2v) is 6.04. The summed E-state index contributed by atoms with van der Waals surface area (Å²) in [5.41, 5.74) is -0.255. The lowest BCUT2D eigenvalue weighted by molar-refractivity contribution is -0.385. The second kappa shape index (κ2) is 6.46. The van der Waals surface area contributed by atoms with Crippen LogP contribution in [0.25, 0.3) is 0 Å². The number of nitro benzene ring substituents is 1. The van der Waals surface area contributed by atoms with E-state index in [0.717, 1.165) is 6.07 Å². The monoisotopic (exact) mass is 310 g/mol. The molecule has 1 N–H and O–H groups in total. The highest BCUT2D eigenvalue weighted by Gasteiger charge is 2.16. The molecule has 0 aliphatic rings. The molecule has 2 aromatic rings. The summed E-state index contributed by atoms with van der Waals surface area (Å²) in [6.45, 7) is 0.815. The fourth-order valence-electron chi connectivity index (χ4n) is 1.73. The van der Waals surface area contributed by atoms with Gasteiger partial charge in [0.05, 0.1) is 9.82 Å². The first kappa shape index (κ1) is 15.1. The first-order chi connectivity index (χ1) is 9.99. The van der Waals surface area contributed by atoms with Gasteiger partial charge in [-0.1, -0.05) is 6.07 Å². The molecule has 8 nitrogen and oxygen atoms in total. The van der Waals surface area contributed by atoms with Gasteiger partial charge >= 0.3 is 0 Å². The molecule has 21 heavy (non-hydrogen) atoms. The fourth-order valence-corrected chi connectivity index (χ4v) is 2.84. The third-order valence-corrected chi connectivity index (χ3v) is 4.21. The molecule has 0 saturated carbocycles. The van der Waals surface area contributed by atoms with Crippen molar-refractivity contribution < 1.29 is 13.3 Å². The topological polar surface area (TPSA) is 107 Å². The standard InChI is InChI=1S/C12H14N4O4S/c17-16(18)11-4-1-5-12(10-11)21(19,20)14-7-3-9-15-8-2-6-13-15/h1-2,4-6,8,10,14H,3,7,9H2. The first-order valence-corrected chi connectivity index (χ1v) is 7.69. The van der Waals surface area contributed by atoms with Crippen molar-refractivity contribution in [3.05, 3.63) is 52.8 Å². The van der Waals surface area contributed by atoms with Crippen LogP contribution in [0.2, 0.25) is 0 Å². The van der Waals surface area contributed by atoms with Crippen molar-refractivity contribution in [1.82, 2.24) is 14.5 Å². The van der Waals surface area contributed by atoms with Gasteiger partial charge in [-0.25, -0.2) is 13.1 Å². The van der Waals surface area contributed by atoms with Crippen molar-refractivity contribution in [3.8, 4) is 0 Å². The van der Waals surface area contributed by atoms with Gasteiger partial charge in [0, 0.05) is 37.6 Å². The van der Waals surface area contributed by atoms with Gasteiger partial charge in [0.25, 0.3) is 5.69 Å². The summed E-state index contributed by atoms with van der Waals surface area (Å²) >= 11 is 0. The van der Waals surface area contributed by atoms with E-state index in [1.54, 1.807) is 23.1 Å². The predicted molar refractivity (Wildman–Crippen MR) is 75.1 cm³/mol. The average Bonchev–Trinajstić information content (AvgIpc) is 2.97. The SMILES string of the molecule is O=[N+]([O-])c1cccc(S(=O)(=O)NCCCn2cccn2)c1. The molecule has 0 unspecified atom stereocenters. The lowest BCUT2D eigenvalue weighted by Crippen LogP contribution is -2.25. The molecule has 9 heteroatoms. The van der Waals surface area contributed by atoms with E-state index in [4.69, 9.17) is 0 Å². The molecule has 1 heterocycles. The molecule has 0 spiro atoms. The number of sulfonamides is 1. The number of benzene rings is 1. The number of non-ortho nitro benzene ring substituents is 1. The number of aromatic nitrogens is 2. The van der Waals surface area contributed by atoms with Gasteiger partial charge in [0.15, 0.2) is 0 Å². The van der Waals surface area contributed by atoms with E-state index in [-0.39, 0.29) is 17.1 Å². The molecule has 1 aromatic carbocycles. The minimum Gasteiger partial charge on any atom is -0.273 e. The second-order valence-electron chi connectivity index (χ2n) is 4.27. The zero-order chi connectivity index (χ0) is 15.3. The Labute approximate surface area is 121 Å². The van der Waals surface area contributed by atoms with E-state index in [1.807, 2.05) is 0 Å². The number of hydrogen-bond donors (Lipinski definition) is 1. The summed E-state index contributed by atoms with van der Waals surface area (Å²) in [5.74, 6) is 0. The summed E-state index contributed by atoms with van der Waals surface area (Å²) in [6, 6.07) is 6.74. The van der Waals surface area contributed by atoms with Crippen molar-refractivity contribution >= 4 is 15.7 Å². The van der Waals surface area contributed by atoms with E-state index < -0.39 is 14.9 Å². The van der Waals surface area contributed by atoms with Crippen LogP contribution in [-0.2, 0) is 16.6 Å². The Hall–Kier alpha value is -2.26. The number of nitrogens with one attached hydrogen (secondary N) is 1. The Kier molecular flexibility index (Phi) is 4.66.